The van der Waals surface area contributed by atoms with E-state index in [1.54, 1.807) is 24.3 Å². The first-order valence-corrected chi connectivity index (χ1v) is 9.90. The Morgan fingerprint density at radius 3 is 2.11 bits per heavy atom. The molecule has 1 aliphatic heterocycles. The maximum Gasteiger partial charge on any atom is 0.233 e. The van der Waals surface area contributed by atoms with Crippen LogP contribution in [0.1, 0.15) is 30.1 Å². The Morgan fingerprint density at radius 1 is 1.00 bits per heavy atom. The Labute approximate surface area is 163 Å². The highest BCUT2D eigenvalue weighted by molar-refractivity contribution is 6.06. The van der Waals surface area contributed by atoms with Crippen LogP contribution in [0.15, 0.2) is 36.4 Å². The van der Waals surface area contributed by atoms with E-state index in [-0.39, 0.29) is 60.1 Å². The minimum atomic E-state index is -0.255. The molecule has 1 saturated heterocycles. The predicted molar refractivity (Wildman–Crippen MR) is 101 cm³/mol. The van der Waals surface area contributed by atoms with Crippen molar-refractivity contribution < 1.29 is 19.2 Å². The number of nitrogens with one attached hydrogen (secondary N) is 1. The van der Waals surface area contributed by atoms with Crippen molar-refractivity contribution in [3.8, 4) is 0 Å². The summed E-state index contributed by atoms with van der Waals surface area (Å²) in [6.45, 7) is 1.61. The maximum absolute atomic E-state index is 12.9. The lowest BCUT2D eigenvalue weighted by Crippen LogP contribution is -2.40. The van der Waals surface area contributed by atoms with Crippen LogP contribution < -0.4 is 5.32 Å². The number of carbonyl (C=O) groups excluding carboxylic acids is 4. The summed E-state index contributed by atoms with van der Waals surface area (Å²) >= 11 is 0. The number of imide groups is 1. The average molecular weight is 378 g/mol. The van der Waals surface area contributed by atoms with Crippen LogP contribution in [0.2, 0.25) is 0 Å². The highest BCUT2D eigenvalue weighted by Gasteiger charge is 2.66. The van der Waals surface area contributed by atoms with Crippen molar-refractivity contribution in [3.63, 3.8) is 0 Å². The summed E-state index contributed by atoms with van der Waals surface area (Å²) in [6.07, 6.45) is 5.50. The van der Waals surface area contributed by atoms with Gasteiger partial charge in [0.2, 0.25) is 17.7 Å². The van der Waals surface area contributed by atoms with E-state index in [1.807, 2.05) is 0 Å². The molecule has 4 aliphatic carbocycles. The number of hydrogen-bond donors (Lipinski definition) is 1. The van der Waals surface area contributed by atoms with E-state index in [0.29, 0.717) is 23.1 Å². The molecule has 0 radical (unpaired) electrons. The van der Waals surface area contributed by atoms with Gasteiger partial charge in [0.05, 0.1) is 11.8 Å². The second-order valence-corrected chi connectivity index (χ2v) is 8.41. The minimum Gasteiger partial charge on any atom is -0.326 e. The first-order chi connectivity index (χ1) is 13.5. The molecule has 6 rings (SSSR count). The van der Waals surface area contributed by atoms with Crippen LogP contribution >= 0.6 is 0 Å². The van der Waals surface area contributed by atoms with Gasteiger partial charge in [0, 0.05) is 24.2 Å². The van der Waals surface area contributed by atoms with Gasteiger partial charge in [0.1, 0.15) is 0 Å². The van der Waals surface area contributed by atoms with E-state index in [9.17, 15) is 19.2 Å². The third-order valence-electron chi connectivity index (χ3n) is 6.89. The van der Waals surface area contributed by atoms with Crippen molar-refractivity contribution in [2.24, 2.45) is 35.5 Å². The molecule has 0 spiro atoms. The van der Waals surface area contributed by atoms with E-state index >= 15 is 0 Å². The van der Waals surface area contributed by atoms with Gasteiger partial charge in [-0.05, 0) is 61.3 Å². The lowest BCUT2D eigenvalue weighted by Gasteiger charge is -2.37. The number of allylic oxidation sites excluding steroid dienone is 2. The second kappa shape index (κ2) is 6.12. The average Bonchev–Trinajstić information content (AvgIpc) is 3.46. The summed E-state index contributed by atoms with van der Waals surface area (Å²) in [5.74, 6) is 0.647. The van der Waals surface area contributed by atoms with Crippen LogP contribution in [0.3, 0.4) is 0 Å². The number of carbonyl (C=O) groups is 4. The van der Waals surface area contributed by atoms with Gasteiger partial charge in [-0.15, -0.1) is 0 Å². The SMILES string of the molecule is CC(=O)c1ccc(NC(=O)CCN2C(=O)[C@@H]3[C@H]4C=C[C@@H]([C@@H]5C[C@@H]45)[C@@H]3C2=O)cc1. The summed E-state index contributed by atoms with van der Waals surface area (Å²) in [5, 5.41) is 2.76. The van der Waals surface area contributed by atoms with E-state index in [4.69, 9.17) is 0 Å². The van der Waals surface area contributed by atoms with Gasteiger partial charge >= 0.3 is 0 Å². The van der Waals surface area contributed by atoms with Crippen molar-refractivity contribution in [2.45, 2.75) is 19.8 Å². The Kier molecular flexibility index (Phi) is 3.79. The van der Waals surface area contributed by atoms with Crippen LogP contribution in [0.4, 0.5) is 5.69 Å². The zero-order valence-corrected chi connectivity index (χ0v) is 15.6. The molecule has 1 aromatic carbocycles. The van der Waals surface area contributed by atoms with Crippen LogP contribution in [0.25, 0.3) is 0 Å². The molecule has 0 aromatic heterocycles. The van der Waals surface area contributed by atoms with Gasteiger partial charge < -0.3 is 5.32 Å². The molecule has 28 heavy (non-hydrogen) atoms. The molecule has 1 heterocycles. The molecule has 2 saturated carbocycles. The lowest BCUT2D eigenvalue weighted by molar-refractivity contribution is -0.140. The molecular weight excluding hydrogens is 356 g/mol. The van der Waals surface area contributed by atoms with E-state index in [0.717, 1.165) is 6.42 Å². The zero-order valence-electron chi connectivity index (χ0n) is 15.6. The highest BCUT2D eigenvalue weighted by Crippen LogP contribution is 2.65. The van der Waals surface area contributed by atoms with Crippen LogP contribution in [0.5, 0.6) is 0 Å². The van der Waals surface area contributed by atoms with E-state index in [2.05, 4.69) is 17.5 Å². The molecule has 3 fully saturated rings. The second-order valence-electron chi connectivity index (χ2n) is 8.41. The maximum atomic E-state index is 12.9. The fourth-order valence-corrected chi connectivity index (χ4v) is 5.46. The van der Waals surface area contributed by atoms with Crippen molar-refractivity contribution in [1.82, 2.24) is 4.90 Å². The lowest BCUT2D eigenvalue weighted by atomic mass is 9.63. The normalized spacial score (nSPS) is 34.2. The van der Waals surface area contributed by atoms with E-state index < -0.39 is 0 Å². The number of rotatable bonds is 5. The number of hydrogen-bond acceptors (Lipinski definition) is 4. The Balaban J connectivity index is 1.21. The van der Waals surface area contributed by atoms with Crippen molar-refractivity contribution in [1.29, 1.82) is 0 Å². The number of benzene rings is 1. The third kappa shape index (κ3) is 2.54. The van der Waals surface area contributed by atoms with Crippen LogP contribution in [-0.2, 0) is 14.4 Å². The number of amides is 3. The van der Waals surface area contributed by atoms with Gasteiger partial charge in [0.15, 0.2) is 5.78 Å². The van der Waals surface area contributed by atoms with Gasteiger partial charge in [-0.3, -0.25) is 24.1 Å². The topological polar surface area (TPSA) is 83.6 Å². The summed E-state index contributed by atoms with van der Waals surface area (Å²) in [4.78, 5) is 50.7. The summed E-state index contributed by atoms with van der Waals surface area (Å²) in [5.41, 5.74) is 1.17. The molecular formula is C22H22N2O4. The van der Waals surface area contributed by atoms with Crippen molar-refractivity contribution in [3.05, 3.63) is 42.0 Å². The largest absolute Gasteiger partial charge is 0.326 e. The molecule has 6 atom stereocenters. The van der Waals surface area contributed by atoms with Crippen LogP contribution in [-0.4, -0.2) is 34.9 Å². The smallest absolute Gasteiger partial charge is 0.233 e. The van der Waals surface area contributed by atoms with Gasteiger partial charge in [-0.1, -0.05) is 12.2 Å². The fourth-order valence-electron chi connectivity index (χ4n) is 5.46. The molecule has 6 heteroatoms. The van der Waals surface area contributed by atoms with Crippen LogP contribution in [0, 0.1) is 35.5 Å². The molecule has 1 N–H and O–H groups in total. The Bertz CT molecular complexity index is 883. The fraction of sp³-hybridized carbons (Fsp3) is 0.455. The number of ketones is 1. The highest BCUT2D eigenvalue weighted by atomic mass is 16.2. The van der Waals surface area contributed by atoms with Gasteiger partial charge in [-0.25, -0.2) is 0 Å². The van der Waals surface area contributed by atoms with Crippen molar-refractivity contribution in [2.75, 3.05) is 11.9 Å². The Morgan fingerprint density at radius 2 is 1.57 bits per heavy atom. The molecule has 3 amide bonds. The molecule has 144 valence electrons. The molecule has 2 bridgehead atoms. The summed E-state index contributed by atoms with van der Waals surface area (Å²) < 4.78 is 0. The standard InChI is InChI=1S/C22H22N2O4/c1-11(25)12-2-4-13(5-3-12)23-18(26)8-9-24-21(27)19-14-6-7-15(17-10-16(14)17)20(19)22(24)28/h2-7,14-17,19-20H,8-10H2,1H3,(H,23,26)/t14-,15-,16-,17-,19-,20+/m0/s1. The predicted octanol–water partition coefficient (Wildman–Crippen LogP) is 2.27. The number of likely N-dealkylation sites (tertiary alicyclic amines) is 1. The zero-order chi connectivity index (χ0) is 19.6. The molecule has 0 unspecified atom stereocenters. The minimum absolute atomic E-state index is 0.0357. The summed E-state index contributed by atoms with van der Waals surface area (Å²) in [6, 6.07) is 6.66. The molecule has 1 aromatic rings. The van der Waals surface area contributed by atoms with E-state index in [1.165, 1.54) is 11.8 Å². The molecule has 6 nitrogen and oxygen atoms in total. The van der Waals surface area contributed by atoms with Gasteiger partial charge in [-0.2, -0.15) is 0 Å². The number of nitrogens with zero attached hydrogens (tertiary/aromatic N) is 1. The van der Waals surface area contributed by atoms with Gasteiger partial charge in [0.25, 0.3) is 0 Å². The number of anilines is 1. The molecule has 5 aliphatic rings. The quantitative estimate of drug-likeness (QED) is 0.484. The summed E-state index contributed by atoms with van der Waals surface area (Å²) in [7, 11) is 0. The monoisotopic (exact) mass is 378 g/mol. The first kappa shape index (κ1) is 17.3. The number of Topliss-reactive ketones (excluding diaryl/α,β-unsaturated/α-hetero) is 1. The van der Waals surface area contributed by atoms with Crippen molar-refractivity contribution >= 4 is 29.2 Å². The third-order valence-corrected chi connectivity index (χ3v) is 6.89. The first-order valence-electron chi connectivity index (χ1n) is 9.90. The Hall–Kier alpha value is -2.76.